The van der Waals surface area contributed by atoms with E-state index in [0.29, 0.717) is 23.6 Å². The fourth-order valence-corrected chi connectivity index (χ4v) is 2.18. The minimum Gasteiger partial charge on any atom is -0.352 e. The largest absolute Gasteiger partial charge is 0.352 e. The van der Waals surface area contributed by atoms with Gasteiger partial charge in [-0.3, -0.25) is 14.9 Å². The van der Waals surface area contributed by atoms with E-state index in [1.165, 1.54) is 12.1 Å². The number of carbonyl (C=O) groups excluding carboxylic acids is 1. The Morgan fingerprint density at radius 3 is 2.50 bits per heavy atom. The number of nitrogens with zero attached hydrogens (tertiary/aromatic N) is 1. The molecule has 0 aromatic heterocycles. The average Bonchev–Trinajstić information content (AvgIpc) is 2.58. The van der Waals surface area contributed by atoms with Crippen LogP contribution in [0.15, 0.2) is 54.6 Å². The summed E-state index contributed by atoms with van der Waals surface area (Å²) in [6.07, 6.45) is 1.68. The molecule has 5 nitrogen and oxygen atoms in total. The molecule has 0 bridgehead atoms. The highest BCUT2D eigenvalue weighted by Gasteiger charge is 2.13. The van der Waals surface area contributed by atoms with Gasteiger partial charge in [-0.1, -0.05) is 56.3 Å². The van der Waals surface area contributed by atoms with Crippen molar-refractivity contribution in [3.05, 3.63) is 75.8 Å². The summed E-state index contributed by atoms with van der Waals surface area (Å²) in [5.41, 5.74) is 1.86. The molecule has 0 saturated heterocycles. The molecular weight excluding hydrogens is 304 g/mol. The predicted octanol–water partition coefficient (Wildman–Crippen LogP) is 3.91. The monoisotopic (exact) mass is 324 g/mol. The molecule has 124 valence electrons. The molecule has 2 rings (SSSR count). The fraction of sp³-hybridized carbons (Fsp3) is 0.211. The topological polar surface area (TPSA) is 72.2 Å². The second-order valence-corrected chi connectivity index (χ2v) is 5.88. The highest BCUT2D eigenvalue weighted by atomic mass is 16.6. The minimum atomic E-state index is -0.446. The Hall–Kier alpha value is -2.95. The first kappa shape index (κ1) is 17.4. The molecule has 0 aliphatic carbocycles. The maximum Gasteiger partial charge on any atom is 0.270 e. The third kappa shape index (κ3) is 4.78. The van der Waals surface area contributed by atoms with Crippen molar-refractivity contribution in [3.63, 3.8) is 0 Å². The van der Waals surface area contributed by atoms with E-state index in [9.17, 15) is 14.9 Å². The normalized spacial score (nSPS) is 11.4. The standard InChI is InChI=1S/C19H20N2O3/c1-14(2)13-20-19(22)18(16-8-4-3-5-9-16)12-15-7-6-10-17(11-15)21(23)24/h3-12,14H,13H2,1-2H3,(H,20,22). The second kappa shape index (κ2) is 8.06. The predicted molar refractivity (Wildman–Crippen MR) is 95.3 cm³/mol. The van der Waals surface area contributed by atoms with Crippen molar-refractivity contribution in [1.82, 2.24) is 5.32 Å². The second-order valence-electron chi connectivity index (χ2n) is 5.88. The fourth-order valence-electron chi connectivity index (χ4n) is 2.18. The Morgan fingerprint density at radius 2 is 1.88 bits per heavy atom. The number of nitrogens with one attached hydrogen (secondary N) is 1. The lowest BCUT2D eigenvalue weighted by molar-refractivity contribution is -0.384. The third-order valence-corrected chi connectivity index (χ3v) is 3.39. The molecule has 0 unspecified atom stereocenters. The maximum absolute atomic E-state index is 12.6. The molecule has 0 atom stereocenters. The first-order valence-electron chi connectivity index (χ1n) is 7.77. The van der Waals surface area contributed by atoms with Gasteiger partial charge in [0.2, 0.25) is 0 Å². The summed E-state index contributed by atoms with van der Waals surface area (Å²) in [6, 6.07) is 15.5. The van der Waals surface area contributed by atoms with Crippen molar-refractivity contribution in [3.8, 4) is 0 Å². The Bertz CT molecular complexity index is 752. The van der Waals surface area contributed by atoms with Gasteiger partial charge in [-0.15, -0.1) is 0 Å². The number of hydrogen-bond donors (Lipinski definition) is 1. The molecule has 0 aliphatic heterocycles. The SMILES string of the molecule is CC(C)CNC(=O)C(=Cc1cccc([N+](=O)[O-])c1)c1ccccc1. The lowest BCUT2D eigenvalue weighted by Gasteiger charge is -2.11. The van der Waals surface area contributed by atoms with Crippen LogP contribution in [0.4, 0.5) is 5.69 Å². The van der Waals surface area contributed by atoms with Crippen LogP contribution in [0.3, 0.4) is 0 Å². The van der Waals surface area contributed by atoms with Gasteiger partial charge in [0.15, 0.2) is 0 Å². The summed E-state index contributed by atoms with van der Waals surface area (Å²) < 4.78 is 0. The molecule has 0 aliphatic rings. The van der Waals surface area contributed by atoms with Crippen LogP contribution in [0, 0.1) is 16.0 Å². The van der Waals surface area contributed by atoms with Gasteiger partial charge in [0, 0.05) is 24.3 Å². The highest BCUT2D eigenvalue weighted by Crippen LogP contribution is 2.21. The molecule has 0 fully saturated rings. The van der Waals surface area contributed by atoms with Gasteiger partial charge in [0.25, 0.3) is 11.6 Å². The zero-order valence-electron chi connectivity index (χ0n) is 13.7. The summed E-state index contributed by atoms with van der Waals surface area (Å²) >= 11 is 0. The van der Waals surface area contributed by atoms with Crippen molar-refractivity contribution >= 4 is 23.2 Å². The number of non-ortho nitro benzene ring substituents is 1. The minimum absolute atomic E-state index is 0.00116. The Morgan fingerprint density at radius 1 is 1.17 bits per heavy atom. The van der Waals surface area contributed by atoms with Crippen molar-refractivity contribution in [2.75, 3.05) is 6.54 Å². The molecule has 5 heteroatoms. The van der Waals surface area contributed by atoms with Crippen LogP contribution in [0.25, 0.3) is 11.6 Å². The molecule has 0 spiro atoms. The Labute approximate surface area is 141 Å². The molecule has 0 radical (unpaired) electrons. The summed E-state index contributed by atoms with van der Waals surface area (Å²) in [5, 5.41) is 13.8. The van der Waals surface area contributed by atoms with Gasteiger partial charge < -0.3 is 5.32 Å². The van der Waals surface area contributed by atoms with Crippen LogP contribution in [0.1, 0.15) is 25.0 Å². The number of nitro benzene ring substituents is 1. The summed E-state index contributed by atoms with van der Waals surface area (Å²) in [7, 11) is 0. The first-order chi connectivity index (χ1) is 11.5. The summed E-state index contributed by atoms with van der Waals surface area (Å²) in [6.45, 7) is 4.61. The molecule has 2 aromatic carbocycles. The molecule has 0 heterocycles. The van der Waals surface area contributed by atoms with Gasteiger partial charge >= 0.3 is 0 Å². The Kier molecular flexibility index (Phi) is 5.84. The molecule has 1 N–H and O–H groups in total. The highest BCUT2D eigenvalue weighted by molar-refractivity contribution is 6.24. The zero-order chi connectivity index (χ0) is 17.5. The smallest absolute Gasteiger partial charge is 0.270 e. The number of benzene rings is 2. The van der Waals surface area contributed by atoms with Crippen LogP contribution in [-0.4, -0.2) is 17.4 Å². The number of rotatable bonds is 6. The van der Waals surface area contributed by atoms with Gasteiger partial charge in [0.05, 0.1) is 4.92 Å². The van der Waals surface area contributed by atoms with Crippen LogP contribution in [0.5, 0.6) is 0 Å². The molecule has 1 amide bonds. The number of carbonyl (C=O) groups is 1. The zero-order valence-corrected chi connectivity index (χ0v) is 13.7. The summed E-state index contributed by atoms with van der Waals surface area (Å²) in [4.78, 5) is 23.0. The van der Waals surface area contributed by atoms with E-state index in [1.807, 2.05) is 44.2 Å². The van der Waals surface area contributed by atoms with Gasteiger partial charge in [-0.25, -0.2) is 0 Å². The van der Waals surface area contributed by atoms with Crippen LogP contribution < -0.4 is 5.32 Å². The molecule has 2 aromatic rings. The van der Waals surface area contributed by atoms with E-state index < -0.39 is 4.92 Å². The van der Waals surface area contributed by atoms with E-state index in [-0.39, 0.29) is 11.6 Å². The van der Waals surface area contributed by atoms with Gasteiger partial charge in [-0.2, -0.15) is 0 Å². The molecule has 24 heavy (non-hydrogen) atoms. The van der Waals surface area contributed by atoms with Crippen molar-refractivity contribution < 1.29 is 9.72 Å². The van der Waals surface area contributed by atoms with E-state index in [0.717, 1.165) is 5.56 Å². The van der Waals surface area contributed by atoms with Gasteiger partial charge in [-0.05, 0) is 23.1 Å². The summed E-state index contributed by atoms with van der Waals surface area (Å²) in [5.74, 6) is 0.144. The average molecular weight is 324 g/mol. The molecule has 0 saturated carbocycles. The lowest BCUT2D eigenvalue weighted by atomic mass is 10.0. The first-order valence-corrected chi connectivity index (χ1v) is 7.77. The lowest BCUT2D eigenvalue weighted by Crippen LogP contribution is -2.28. The molecular formula is C19H20N2O3. The van der Waals surface area contributed by atoms with E-state index >= 15 is 0 Å². The van der Waals surface area contributed by atoms with Crippen molar-refractivity contribution in [2.24, 2.45) is 5.92 Å². The third-order valence-electron chi connectivity index (χ3n) is 3.39. The maximum atomic E-state index is 12.6. The number of amides is 1. The van der Waals surface area contributed by atoms with Crippen LogP contribution in [-0.2, 0) is 4.79 Å². The number of hydrogen-bond acceptors (Lipinski definition) is 3. The van der Waals surface area contributed by atoms with Crippen LogP contribution >= 0.6 is 0 Å². The number of nitro groups is 1. The van der Waals surface area contributed by atoms with E-state index in [2.05, 4.69) is 5.32 Å². The van der Waals surface area contributed by atoms with Crippen LogP contribution in [0.2, 0.25) is 0 Å². The van der Waals surface area contributed by atoms with Gasteiger partial charge in [0.1, 0.15) is 0 Å². The van der Waals surface area contributed by atoms with E-state index in [1.54, 1.807) is 18.2 Å². The van der Waals surface area contributed by atoms with E-state index in [4.69, 9.17) is 0 Å². The Balaban J connectivity index is 2.40. The quantitative estimate of drug-likeness (QED) is 0.379. The van der Waals surface area contributed by atoms with Crippen molar-refractivity contribution in [1.29, 1.82) is 0 Å². The van der Waals surface area contributed by atoms with Crippen molar-refractivity contribution in [2.45, 2.75) is 13.8 Å².